The number of rotatable bonds is 4. The second-order valence-corrected chi connectivity index (χ2v) is 8.88. The number of hydrogen-bond acceptors (Lipinski definition) is 6. The number of anilines is 2. The molecule has 3 amide bonds. The minimum Gasteiger partial charge on any atom is -0.398 e. The predicted molar refractivity (Wildman–Crippen MR) is 140 cm³/mol. The largest absolute Gasteiger partial charge is 0.398 e. The van der Waals surface area contributed by atoms with E-state index in [4.69, 9.17) is 10.5 Å². The van der Waals surface area contributed by atoms with Gasteiger partial charge in [-0.2, -0.15) is 5.10 Å². The molecule has 0 aliphatic carbocycles. The summed E-state index contributed by atoms with van der Waals surface area (Å²) >= 11 is 0. The fourth-order valence-electron chi connectivity index (χ4n) is 4.77. The van der Waals surface area contributed by atoms with E-state index in [1.54, 1.807) is 47.4 Å². The van der Waals surface area contributed by atoms with Crippen LogP contribution < -0.4 is 10.6 Å². The van der Waals surface area contributed by atoms with Gasteiger partial charge in [-0.3, -0.25) is 19.5 Å². The van der Waals surface area contributed by atoms with E-state index in [1.807, 2.05) is 30.3 Å². The Hall–Kier alpha value is -4.76. The number of aromatic nitrogens is 2. The Labute approximate surface area is 212 Å². The van der Waals surface area contributed by atoms with Crippen molar-refractivity contribution in [1.29, 1.82) is 0 Å². The highest BCUT2D eigenvalue weighted by Crippen LogP contribution is 2.35. The van der Waals surface area contributed by atoms with Crippen LogP contribution in [-0.4, -0.2) is 59.1 Å². The summed E-state index contributed by atoms with van der Waals surface area (Å²) in [4.78, 5) is 42.9. The fraction of sp³-hybridized carbons (Fsp3) is 0.143. The Morgan fingerprint density at radius 1 is 0.973 bits per heavy atom. The molecule has 1 fully saturated rings. The molecule has 4 aromatic rings. The maximum atomic E-state index is 13.4. The van der Waals surface area contributed by atoms with Crippen LogP contribution in [0.25, 0.3) is 23.1 Å². The Balaban J connectivity index is 1.44. The lowest BCUT2D eigenvalue weighted by molar-refractivity contribution is 0.0303. The number of carbonyl (C=O) groups excluding carboxylic acids is 3. The van der Waals surface area contributed by atoms with Gasteiger partial charge in [0, 0.05) is 29.7 Å². The maximum absolute atomic E-state index is 13.4. The highest BCUT2D eigenvalue weighted by atomic mass is 16.5. The van der Waals surface area contributed by atoms with Crippen molar-refractivity contribution in [2.45, 2.75) is 0 Å². The summed E-state index contributed by atoms with van der Waals surface area (Å²) in [5.74, 6) is -1.19. The number of nitrogens with two attached hydrogens (primary N) is 1. The Kier molecular flexibility index (Phi) is 5.54. The lowest BCUT2D eigenvalue weighted by Crippen LogP contribution is -2.40. The van der Waals surface area contributed by atoms with Gasteiger partial charge in [-0.15, -0.1) is 0 Å². The van der Waals surface area contributed by atoms with Gasteiger partial charge in [-0.25, -0.2) is 4.90 Å². The number of ether oxygens (including phenoxy) is 1. The summed E-state index contributed by atoms with van der Waals surface area (Å²) in [5.41, 5.74) is 9.57. The van der Waals surface area contributed by atoms with Gasteiger partial charge in [-0.1, -0.05) is 36.4 Å². The average molecular weight is 494 g/mol. The number of benzene rings is 3. The van der Waals surface area contributed by atoms with Crippen molar-refractivity contribution in [1.82, 2.24) is 15.1 Å². The van der Waals surface area contributed by atoms with Crippen LogP contribution >= 0.6 is 0 Å². The zero-order chi connectivity index (χ0) is 25.5. The van der Waals surface area contributed by atoms with E-state index < -0.39 is 11.8 Å². The SMILES string of the molecule is Nc1cccc2c1C(=O)N(c1cc(C(=O)N3CCOCC3)ccc1C=Cc1n[nH]c3ccccc13)C2=O. The molecule has 37 heavy (non-hydrogen) atoms. The first-order valence-electron chi connectivity index (χ1n) is 11.9. The van der Waals surface area contributed by atoms with Crippen molar-refractivity contribution in [3.8, 4) is 0 Å². The highest BCUT2D eigenvalue weighted by Gasteiger charge is 2.39. The molecule has 0 bridgehead atoms. The molecule has 3 N–H and O–H groups in total. The number of H-pyrrole nitrogens is 1. The monoisotopic (exact) mass is 493 g/mol. The first-order chi connectivity index (χ1) is 18.0. The third-order valence-electron chi connectivity index (χ3n) is 6.68. The van der Waals surface area contributed by atoms with Crippen molar-refractivity contribution in [2.24, 2.45) is 0 Å². The van der Waals surface area contributed by atoms with E-state index in [-0.39, 0.29) is 22.7 Å². The number of morpholine rings is 1. The molecule has 3 heterocycles. The molecule has 2 aliphatic heterocycles. The number of amides is 3. The molecule has 0 spiro atoms. The summed E-state index contributed by atoms with van der Waals surface area (Å²) < 4.78 is 5.36. The number of nitrogens with one attached hydrogen (secondary N) is 1. The molecule has 0 radical (unpaired) electrons. The van der Waals surface area contributed by atoms with Crippen molar-refractivity contribution < 1.29 is 19.1 Å². The zero-order valence-corrected chi connectivity index (χ0v) is 19.8. The van der Waals surface area contributed by atoms with Crippen LogP contribution in [0.1, 0.15) is 42.3 Å². The number of fused-ring (bicyclic) bond motifs is 2. The smallest absolute Gasteiger partial charge is 0.268 e. The fourth-order valence-corrected chi connectivity index (χ4v) is 4.77. The number of aromatic amines is 1. The Bertz CT molecular complexity index is 1600. The van der Waals surface area contributed by atoms with Gasteiger partial charge in [0.2, 0.25) is 0 Å². The van der Waals surface area contributed by atoms with Crippen LogP contribution in [0, 0.1) is 0 Å². The van der Waals surface area contributed by atoms with Gasteiger partial charge in [0.25, 0.3) is 17.7 Å². The third kappa shape index (κ3) is 3.85. The topological polar surface area (TPSA) is 122 Å². The Morgan fingerprint density at radius 2 is 1.78 bits per heavy atom. The van der Waals surface area contributed by atoms with Crippen LogP contribution in [0.3, 0.4) is 0 Å². The van der Waals surface area contributed by atoms with Crippen molar-refractivity contribution in [3.05, 3.63) is 88.6 Å². The number of carbonyl (C=O) groups is 3. The first kappa shape index (κ1) is 22.7. The molecular weight excluding hydrogens is 470 g/mol. The van der Waals surface area contributed by atoms with E-state index in [9.17, 15) is 14.4 Å². The molecule has 2 aliphatic rings. The number of para-hydroxylation sites is 1. The molecule has 6 rings (SSSR count). The van der Waals surface area contributed by atoms with Crippen molar-refractivity contribution >= 4 is 52.2 Å². The average Bonchev–Trinajstić information content (AvgIpc) is 3.46. The summed E-state index contributed by atoms with van der Waals surface area (Å²) in [5, 5.41) is 8.30. The van der Waals surface area contributed by atoms with Crippen LogP contribution in [0.5, 0.6) is 0 Å². The number of nitrogen functional groups attached to an aromatic ring is 1. The molecular formula is C28H23N5O4. The van der Waals surface area contributed by atoms with E-state index in [1.165, 1.54) is 0 Å². The molecule has 1 saturated heterocycles. The van der Waals surface area contributed by atoms with Gasteiger partial charge in [-0.05, 0) is 42.0 Å². The van der Waals surface area contributed by atoms with Crippen LogP contribution in [0.2, 0.25) is 0 Å². The van der Waals surface area contributed by atoms with E-state index >= 15 is 0 Å². The summed E-state index contributed by atoms with van der Waals surface area (Å²) in [7, 11) is 0. The number of hydrogen-bond donors (Lipinski definition) is 2. The van der Waals surface area contributed by atoms with Crippen LogP contribution in [0.4, 0.5) is 11.4 Å². The van der Waals surface area contributed by atoms with E-state index in [0.717, 1.165) is 15.8 Å². The summed E-state index contributed by atoms with van der Waals surface area (Å²) in [6, 6.07) is 17.6. The quantitative estimate of drug-likeness (QED) is 0.331. The van der Waals surface area contributed by atoms with Crippen LogP contribution in [0.15, 0.2) is 60.7 Å². The first-order valence-corrected chi connectivity index (χ1v) is 11.9. The van der Waals surface area contributed by atoms with E-state index in [0.29, 0.717) is 48.8 Å². The zero-order valence-electron chi connectivity index (χ0n) is 19.8. The molecule has 1 aromatic heterocycles. The predicted octanol–water partition coefficient (Wildman–Crippen LogP) is 3.59. The number of imide groups is 1. The van der Waals surface area contributed by atoms with Crippen molar-refractivity contribution in [2.75, 3.05) is 36.9 Å². The maximum Gasteiger partial charge on any atom is 0.268 e. The summed E-state index contributed by atoms with van der Waals surface area (Å²) in [6.45, 7) is 1.89. The van der Waals surface area contributed by atoms with E-state index in [2.05, 4.69) is 10.2 Å². The highest BCUT2D eigenvalue weighted by molar-refractivity contribution is 6.36. The lowest BCUT2D eigenvalue weighted by Gasteiger charge is -2.27. The molecule has 0 saturated carbocycles. The molecule has 3 aromatic carbocycles. The number of nitrogens with zero attached hydrogens (tertiary/aromatic N) is 3. The van der Waals surface area contributed by atoms with Crippen molar-refractivity contribution in [3.63, 3.8) is 0 Å². The lowest BCUT2D eigenvalue weighted by atomic mass is 10.0. The minimum atomic E-state index is -0.519. The Morgan fingerprint density at radius 3 is 2.59 bits per heavy atom. The molecule has 9 nitrogen and oxygen atoms in total. The minimum absolute atomic E-state index is 0.172. The molecule has 0 atom stereocenters. The van der Waals surface area contributed by atoms with Gasteiger partial charge in [0.15, 0.2) is 0 Å². The van der Waals surface area contributed by atoms with Gasteiger partial charge >= 0.3 is 0 Å². The molecule has 9 heteroatoms. The second-order valence-electron chi connectivity index (χ2n) is 8.88. The van der Waals surface area contributed by atoms with Gasteiger partial charge < -0.3 is 15.4 Å². The second kappa shape index (κ2) is 9.03. The van der Waals surface area contributed by atoms with Gasteiger partial charge in [0.1, 0.15) is 0 Å². The van der Waals surface area contributed by atoms with Gasteiger partial charge in [0.05, 0.1) is 41.2 Å². The summed E-state index contributed by atoms with van der Waals surface area (Å²) in [6.07, 6.45) is 3.60. The molecule has 0 unspecified atom stereocenters. The third-order valence-corrected chi connectivity index (χ3v) is 6.68. The van der Waals surface area contributed by atoms with Crippen LogP contribution in [-0.2, 0) is 4.74 Å². The standard InChI is InChI=1S/C28H23N5O4/c29-21-6-3-5-20-25(21)28(36)33(27(20)35)24-16-18(26(34)32-12-14-37-15-13-32)9-8-17(24)10-11-23-19-4-1-2-7-22(19)30-31-23/h1-11,16H,12-15,29H2,(H,30,31). The molecule has 184 valence electrons. The normalized spacial score (nSPS) is 15.7.